The lowest BCUT2D eigenvalue weighted by molar-refractivity contribution is 0.270. The predicted octanol–water partition coefficient (Wildman–Crippen LogP) is 2.49. The minimum absolute atomic E-state index is 0.0931. The van der Waals surface area contributed by atoms with Gasteiger partial charge in [0.05, 0.1) is 11.5 Å². The van der Waals surface area contributed by atoms with E-state index in [4.69, 9.17) is 0 Å². The average Bonchev–Trinajstić information content (AvgIpc) is 2.80. The lowest BCUT2D eigenvalue weighted by atomic mass is 10.1. The van der Waals surface area contributed by atoms with E-state index in [1.807, 2.05) is 13.8 Å². The van der Waals surface area contributed by atoms with E-state index in [-0.39, 0.29) is 17.5 Å². The zero-order valence-electron chi connectivity index (χ0n) is 13.5. The largest absolute Gasteiger partial charge is 0.390 e. The number of aryl methyl sites for hydroxylation is 1. The summed E-state index contributed by atoms with van der Waals surface area (Å²) in [7, 11) is -3.52. The maximum atomic E-state index is 12.4. The topological polar surface area (TPSA) is 71.3 Å². The molecule has 1 aromatic rings. The van der Waals surface area contributed by atoms with Crippen LogP contribution in [0.25, 0.3) is 0 Å². The van der Waals surface area contributed by atoms with Gasteiger partial charge in [0.2, 0.25) is 10.0 Å². The summed E-state index contributed by atoms with van der Waals surface area (Å²) in [4.78, 5) is 0.233. The standard InChI is InChI=1S/C15H28N2O3S/c1-5-8-17-10-15(9-14(17)11-18)21(19,20)16-13(4)7-6-12(2)3/h9-10,12-13,16,18H,5-8,11H2,1-4H3. The fourth-order valence-electron chi connectivity index (χ4n) is 2.23. The van der Waals surface area contributed by atoms with Crippen LogP contribution in [0.3, 0.4) is 0 Å². The first-order chi connectivity index (χ1) is 9.80. The second-order valence-electron chi connectivity index (χ2n) is 6.01. The number of aliphatic hydroxyl groups is 1. The summed E-state index contributed by atoms with van der Waals surface area (Å²) >= 11 is 0. The molecule has 122 valence electrons. The van der Waals surface area contributed by atoms with Crippen molar-refractivity contribution in [3.05, 3.63) is 18.0 Å². The average molecular weight is 316 g/mol. The Labute approximate surface area is 128 Å². The Balaban J connectivity index is 2.82. The second-order valence-corrected chi connectivity index (χ2v) is 7.73. The van der Waals surface area contributed by atoms with Gasteiger partial charge < -0.3 is 9.67 Å². The van der Waals surface area contributed by atoms with Crippen molar-refractivity contribution in [1.82, 2.24) is 9.29 Å². The molecule has 6 heteroatoms. The maximum Gasteiger partial charge on any atom is 0.242 e. The van der Waals surface area contributed by atoms with Gasteiger partial charge in [0.25, 0.3) is 0 Å². The molecule has 0 amide bonds. The van der Waals surface area contributed by atoms with Crippen LogP contribution in [0.1, 0.15) is 52.7 Å². The molecule has 0 fully saturated rings. The maximum absolute atomic E-state index is 12.4. The molecule has 21 heavy (non-hydrogen) atoms. The van der Waals surface area contributed by atoms with Gasteiger partial charge in [-0.15, -0.1) is 0 Å². The molecule has 0 aromatic carbocycles. The van der Waals surface area contributed by atoms with Crippen molar-refractivity contribution in [3.63, 3.8) is 0 Å². The number of aliphatic hydroxyl groups excluding tert-OH is 1. The first-order valence-corrected chi connectivity index (χ1v) is 9.10. The number of hydrogen-bond acceptors (Lipinski definition) is 3. The molecule has 1 rings (SSSR count). The Morgan fingerprint density at radius 2 is 1.95 bits per heavy atom. The van der Waals surface area contributed by atoms with Crippen molar-refractivity contribution in [3.8, 4) is 0 Å². The smallest absolute Gasteiger partial charge is 0.242 e. The summed E-state index contributed by atoms with van der Waals surface area (Å²) in [5, 5.41) is 9.32. The number of aromatic nitrogens is 1. The third-order valence-corrected chi connectivity index (χ3v) is 4.99. The van der Waals surface area contributed by atoms with Crippen molar-refractivity contribution in [2.24, 2.45) is 5.92 Å². The van der Waals surface area contributed by atoms with Crippen LogP contribution in [0.2, 0.25) is 0 Å². The highest BCUT2D eigenvalue weighted by Gasteiger charge is 2.20. The molecule has 0 saturated carbocycles. The highest BCUT2D eigenvalue weighted by molar-refractivity contribution is 7.89. The van der Waals surface area contributed by atoms with Crippen LogP contribution in [0, 0.1) is 5.92 Å². The van der Waals surface area contributed by atoms with Gasteiger partial charge in [-0.3, -0.25) is 0 Å². The van der Waals surface area contributed by atoms with E-state index < -0.39 is 10.0 Å². The van der Waals surface area contributed by atoms with Gasteiger partial charge in [-0.05, 0) is 38.2 Å². The molecule has 0 aliphatic heterocycles. The molecule has 0 spiro atoms. The van der Waals surface area contributed by atoms with Gasteiger partial charge in [-0.2, -0.15) is 0 Å². The molecule has 1 aromatic heterocycles. The third kappa shape index (κ3) is 5.45. The minimum Gasteiger partial charge on any atom is -0.390 e. The first kappa shape index (κ1) is 18.2. The van der Waals surface area contributed by atoms with Crippen molar-refractivity contribution in [2.45, 2.75) is 71.0 Å². The summed E-state index contributed by atoms with van der Waals surface area (Å²) < 4.78 is 29.2. The fraction of sp³-hybridized carbons (Fsp3) is 0.733. The zero-order chi connectivity index (χ0) is 16.0. The van der Waals surface area contributed by atoms with E-state index in [0.29, 0.717) is 18.2 Å². The van der Waals surface area contributed by atoms with Gasteiger partial charge >= 0.3 is 0 Å². The summed E-state index contributed by atoms with van der Waals surface area (Å²) in [5.74, 6) is 0.559. The Hall–Kier alpha value is -0.850. The quantitative estimate of drug-likeness (QED) is 0.735. The highest BCUT2D eigenvalue weighted by atomic mass is 32.2. The molecule has 1 heterocycles. The SMILES string of the molecule is CCCn1cc(S(=O)(=O)NC(C)CCC(C)C)cc1CO. The Morgan fingerprint density at radius 1 is 1.29 bits per heavy atom. The second kappa shape index (κ2) is 7.96. The van der Waals surface area contributed by atoms with Crippen LogP contribution in [0.4, 0.5) is 0 Å². The summed E-state index contributed by atoms with van der Waals surface area (Å²) in [5.41, 5.74) is 0.632. The Kier molecular flexibility index (Phi) is 6.90. The van der Waals surface area contributed by atoms with Crippen LogP contribution in [-0.4, -0.2) is 24.1 Å². The van der Waals surface area contributed by atoms with E-state index in [1.54, 1.807) is 16.8 Å². The monoisotopic (exact) mass is 316 g/mol. The minimum atomic E-state index is -3.52. The summed E-state index contributed by atoms with van der Waals surface area (Å²) in [6.07, 6.45) is 4.30. The number of sulfonamides is 1. The first-order valence-electron chi connectivity index (χ1n) is 7.62. The van der Waals surface area contributed by atoms with Gasteiger partial charge in [0, 0.05) is 24.5 Å². The lowest BCUT2D eigenvalue weighted by Crippen LogP contribution is -2.32. The van der Waals surface area contributed by atoms with Crippen molar-refractivity contribution in [1.29, 1.82) is 0 Å². The van der Waals surface area contributed by atoms with Crippen LogP contribution in [-0.2, 0) is 23.2 Å². The van der Waals surface area contributed by atoms with E-state index in [0.717, 1.165) is 19.3 Å². The van der Waals surface area contributed by atoms with Crippen LogP contribution in [0.5, 0.6) is 0 Å². The van der Waals surface area contributed by atoms with Gasteiger partial charge in [0.1, 0.15) is 0 Å². The molecule has 0 saturated heterocycles. The molecule has 5 nitrogen and oxygen atoms in total. The molecular weight excluding hydrogens is 288 g/mol. The number of nitrogens with one attached hydrogen (secondary N) is 1. The number of nitrogens with zero attached hydrogens (tertiary/aromatic N) is 1. The van der Waals surface area contributed by atoms with Crippen molar-refractivity contribution < 1.29 is 13.5 Å². The third-order valence-electron chi connectivity index (χ3n) is 3.43. The fourth-order valence-corrected chi connectivity index (χ4v) is 3.57. The van der Waals surface area contributed by atoms with E-state index in [2.05, 4.69) is 18.6 Å². The van der Waals surface area contributed by atoms with Crippen LogP contribution < -0.4 is 4.72 Å². The van der Waals surface area contributed by atoms with E-state index >= 15 is 0 Å². The highest BCUT2D eigenvalue weighted by Crippen LogP contribution is 2.17. The molecule has 0 aliphatic rings. The van der Waals surface area contributed by atoms with Gasteiger partial charge in [-0.25, -0.2) is 13.1 Å². The van der Waals surface area contributed by atoms with Gasteiger partial charge in [-0.1, -0.05) is 20.8 Å². The molecule has 1 atom stereocenters. The zero-order valence-corrected chi connectivity index (χ0v) is 14.3. The normalized spacial score (nSPS) is 13.8. The number of rotatable bonds is 9. The Morgan fingerprint density at radius 3 is 2.48 bits per heavy atom. The molecule has 2 N–H and O–H groups in total. The van der Waals surface area contributed by atoms with E-state index in [9.17, 15) is 13.5 Å². The van der Waals surface area contributed by atoms with Crippen LogP contribution in [0.15, 0.2) is 17.2 Å². The van der Waals surface area contributed by atoms with E-state index in [1.165, 1.54) is 0 Å². The lowest BCUT2D eigenvalue weighted by Gasteiger charge is -2.14. The summed E-state index contributed by atoms with van der Waals surface area (Å²) in [6.45, 7) is 8.70. The molecule has 0 radical (unpaired) electrons. The van der Waals surface area contributed by atoms with Gasteiger partial charge in [0.15, 0.2) is 0 Å². The summed E-state index contributed by atoms with van der Waals surface area (Å²) in [6, 6.07) is 1.46. The molecule has 0 aliphatic carbocycles. The van der Waals surface area contributed by atoms with Crippen molar-refractivity contribution >= 4 is 10.0 Å². The van der Waals surface area contributed by atoms with Crippen molar-refractivity contribution in [2.75, 3.05) is 0 Å². The molecule has 0 bridgehead atoms. The Bertz CT molecular complexity index is 535. The van der Waals surface area contributed by atoms with Crippen LogP contribution >= 0.6 is 0 Å². The molecule has 1 unspecified atom stereocenters. The predicted molar refractivity (Wildman–Crippen MR) is 84.5 cm³/mol. The number of hydrogen-bond donors (Lipinski definition) is 2. The molecular formula is C15H28N2O3S.